The van der Waals surface area contributed by atoms with Crippen molar-refractivity contribution in [3.63, 3.8) is 0 Å². The molecule has 2 aromatic rings. The molecule has 0 bridgehead atoms. The van der Waals surface area contributed by atoms with Gasteiger partial charge in [-0.25, -0.2) is 5.43 Å². The number of rotatable bonds is 6. The Morgan fingerprint density at radius 3 is 2.79 bits per heavy atom. The van der Waals surface area contributed by atoms with Crippen LogP contribution in [0, 0.1) is 6.92 Å². The Hall–Kier alpha value is -1.78. The minimum Gasteiger partial charge on any atom is -0.493 e. The van der Waals surface area contributed by atoms with Crippen LogP contribution in [-0.4, -0.2) is 6.61 Å². The van der Waals surface area contributed by atoms with E-state index in [0.29, 0.717) is 6.61 Å². The van der Waals surface area contributed by atoms with Gasteiger partial charge in [-0.05, 0) is 25.5 Å². The second-order valence-corrected chi connectivity index (χ2v) is 4.48. The van der Waals surface area contributed by atoms with Gasteiger partial charge in [-0.3, -0.25) is 5.84 Å². The summed E-state index contributed by atoms with van der Waals surface area (Å²) in [5, 5.41) is 0. The Morgan fingerprint density at radius 1 is 1.37 bits per heavy atom. The van der Waals surface area contributed by atoms with Crippen LogP contribution in [0.2, 0.25) is 0 Å². The molecule has 0 saturated carbocycles. The summed E-state index contributed by atoms with van der Waals surface area (Å²) in [6, 6.07) is 9.75. The second kappa shape index (κ2) is 6.41. The van der Waals surface area contributed by atoms with E-state index in [2.05, 4.69) is 12.3 Å². The van der Waals surface area contributed by atoms with Gasteiger partial charge < -0.3 is 9.15 Å². The van der Waals surface area contributed by atoms with Crippen molar-refractivity contribution in [1.82, 2.24) is 5.43 Å². The zero-order valence-corrected chi connectivity index (χ0v) is 11.3. The average molecular weight is 260 g/mol. The van der Waals surface area contributed by atoms with Crippen LogP contribution in [0.15, 0.2) is 41.0 Å². The zero-order chi connectivity index (χ0) is 13.7. The summed E-state index contributed by atoms with van der Waals surface area (Å²) in [6.07, 6.45) is 2.69. The lowest BCUT2D eigenvalue weighted by Crippen LogP contribution is -2.29. The highest BCUT2D eigenvalue weighted by atomic mass is 16.5. The Balaban J connectivity index is 2.32. The third-order valence-electron chi connectivity index (χ3n) is 2.94. The fourth-order valence-electron chi connectivity index (χ4n) is 2.04. The molecule has 0 fully saturated rings. The monoisotopic (exact) mass is 260 g/mol. The standard InChI is InChI=1S/C15H20N2O2/c1-3-8-18-14-7-5-4-6-13(14)15(17-16)12-9-11(2)19-10-12/h4-7,9-10,15,17H,3,8,16H2,1-2H3. The molecule has 1 aromatic heterocycles. The molecule has 0 amide bonds. The summed E-state index contributed by atoms with van der Waals surface area (Å²) in [6.45, 7) is 4.69. The first-order valence-electron chi connectivity index (χ1n) is 6.49. The van der Waals surface area contributed by atoms with E-state index in [4.69, 9.17) is 15.0 Å². The van der Waals surface area contributed by atoms with E-state index >= 15 is 0 Å². The van der Waals surface area contributed by atoms with Crippen molar-refractivity contribution < 1.29 is 9.15 Å². The largest absolute Gasteiger partial charge is 0.493 e. The van der Waals surface area contributed by atoms with Gasteiger partial charge in [0.25, 0.3) is 0 Å². The molecule has 3 N–H and O–H groups in total. The molecule has 0 spiro atoms. The van der Waals surface area contributed by atoms with Crippen molar-refractivity contribution in [3.8, 4) is 5.75 Å². The molecule has 1 unspecified atom stereocenters. The SMILES string of the molecule is CCCOc1ccccc1C(NN)c1coc(C)c1. The maximum atomic E-state index is 5.77. The van der Waals surface area contributed by atoms with E-state index in [9.17, 15) is 0 Å². The second-order valence-electron chi connectivity index (χ2n) is 4.48. The van der Waals surface area contributed by atoms with E-state index in [1.807, 2.05) is 37.3 Å². The predicted molar refractivity (Wildman–Crippen MR) is 74.8 cm³/mol. The number of aryl methyl sites for hydroxylation is 1. The zero-order valence-electron chi connectivity index (χ0n) is 11.3. The summed E-state index contributed by atoms with van der Waals surface area (Å²) >= 11 is 0. The third-order valence-corrected chi connectivity index (χ3v) is 2.94. The van der Waals surface area contributed by atoms with Gasteiger partial charge in [0.2, 0.25) is 0 Å². The number of hydrogen-bond donors (Lipinski definition) is 2. The van der Waals surface area contributed by atoms with E-state index < -0.39 is 0 Å². The van der Waals surface area contributed by atoms with Crippen LogP contribution in [0.3, 0.4) is 0 Å². The number of para-hydroxylation sites is 1. The highest BCUT2D eigenvalue weighted by Gasteiger charge is 2.18. The summed E-state index contributed by atoms with van der Waals surface area (Å²) in [5.74, 6) is 7.41. The highest BCUT2D eigenvalue weighted by molar-refractivity contribution is 5.41. The first-order valence-corrected chi connectivity index (χ1v) is 6.49. The topological polar surface area (TPSA) is 60.4 Å². The number of nitrogens with one attached hydrogen (secondary N) is 1. The smallest absolute Gasteiger partial charge is 0.124 e. The fraction of sp³-hybridized carbons (Fsp3) is 0.333. The van der Waals surface area contributed by atoms with E-state index in [1.165, 1.54) is 0 Å². The molecular weight excluding hydrogens is 240 g/mol. The predicted octanol–water partition coefficient (Wildman–Crippen LogP) is 2.93. The molecule has 2 rings (SSSR count). The lowest BCUT2D eigenvalue weighted by Gasteiger charge is -2.18. The number of hydrogen-bond acceptors (Lipinski definition) is 4. The minimum atomic E-state index is -0.134. The average Bonchev–Trinajstić information content (AvgIpc) is 2.85. The van der Waals surface area contributed by atoms with E-state index in [-0.39, 0.29) is 6.04 Å². The first kappa shape index (κ1) is 13.6. The van der Waals surface area contributed by atoms with Gasteiger partial charge in [0, 0.05) is 11.1 Å². The molecule has 0 aliphatic carbocycles. The van der Waals surface area contributed by atoms with Gasteiger partial charge in [-0.1, -0.05) is 25.1 Å². The molecule has 4 heteroatoms. The maximum Gasteiger partial charge on any atom is 0.124 e. The van der Waals surface area contributed by atoms with Crippen LogP contribution >= 0.6 is 0 Å². The van der Waals surface area contributed by atoms with Crippen molar-refractivity contribution in [2.75, 3.05) is 6.61 Å². The molecule has 0 radical (unpaired) electrons. The molecule has 102 valence electrons. The highest BCUT2D eigenvalue weighted by Crippen LogP contribution is 2.30. The number of benzene rings is 1. The van der Waals surface area contributed by atoms with Crippen LogP contribution in [0.4, 0.5) is 0 Å². The van der Waals surface area contributed by atoms with Crippen molar-refractivity contribution in [1.29, 1.82) is 0 Å². The molecular formula is C15H20N2O2. The number of furan rings is 1. The van der Waals surface area contributed by atoms with Crippen molar-refractivity contribution in [2.45, 2.75) is 26.3 Å². The van der Waals surface area contributed by atoms with Gasteiger partial charge in [-0.15, -0.1) is 0 Å². The van der Waals surface area contributed by atoms with E-state index in [1.54, 1.807) is 6.26 Å². The molecule has 0 aliphatic heterocycles. The first-order chi connectivity index (χ1) is 9.26. The molecule has 1 aromatic carbocycles. The maximum absolute atomic E-state index is 5.77. The summed E-state index contributed by atoms with van der Waals surface area (Å²) < 4.78 is 11.1. The Kier molecular flexibility index (Phi) is 4.60. The normalized spacial score (nSPS) is 12.4. The van der Waals surface area contributed by atoms with Crippen LogP contribution < -0.4 is 16.0 Å². The van der Waals surface area contributed by atoms with E-state index in [0.717, 1.165) is 29.1 Å². The van der Waals surface area contributed by atoms with Gasteiger partial charge in [0.15, 0.2) is 0 Å². The minimum absolute atomic E-state index is 0.134. The molecule has 1 atom stereocenters. The fourth-order valence-corrected chi connectivity index (χ4v) is 2.04. The molecule has 0 saturated heterocycles. The Morgan fingerprint density at radius 2 is 2.16 bits per heavy atom. The van der Waals surface area contributed by atoms with Crippen LogP contribution in [0.1, 0.15) is 36.3 Å². The quantitative estimate of drug-likeness (QED) is 0.619. The number of nitrogens with two attached hydrogens (primary N) is 1. The molecule has 1 heterocycles. The van der Waals surface area contributed by atoms with Gasteiger partial charge in [-0.2, -0.15) is 0 Å². The summed E-state index contributed by atoms with van der Waals surface area (Å²) in [7, 11) is 0. The molecule has 0 aliphatic rings. The lowest BCUT2D eigenvalue weighted by atomic mass is 10.0. The van der Waals surface area contributed by atoms with Gasteiger partial charge in [0.05, 0.1) is 18.9 Å². The van der Waals surface area contributed by atoms with Crippen molar-refractivity contribution in [3.05, 3.63) is 53.5 Å². The summed E-state index contributed by atoms with van der Waals surface area (Å²) in [4.78, 5) is 0. The Labute approximate surface area is 113 Å². The van der Waals surface area contributed by atoms with Crippen LogP contribution in [0.25, 0.3) is 0 Å². The van der Waals surface area contributed by atoms with Gasteiger partial charge in [0.1, 0.15) is 11.5 Å². The summed E-state index contributed by atoms with van der Waals surface area (Å²) in [5.41, 5.74) is 4.83. The number of hydrazine groups is 1. The molecule has 19 heavy (non-hydrogen) atoms. The van der Waals surface area contributed by atoms with Crippen molar-refractivity contribution >= 4 is 0 Å². The van der Waals surface area contributed by atoms with Crippen molar-refractivity contribution in [2.24, 2.45) is 5.84 Å². The number of ether oxygens (including phenoxy) is 1. The van der Waals surface area contributed by atoms with Crippen LogP contribution in [-0.2, 0) is 0 Å². The third kappa shape index (κ3) is 3.16. The molecule has 4 nitrogen and oxygen atoms in total. The lowest BCUT2D eigenvalue weighted by molar-refractivity contribution is 0.311. The van der Waals surface area contributed by atoms with Gasteiger partial charge >= 0.3 is 0 Å². The Bertz CT molecular complexity index is 522. The van der Waals surface area contributed by atoms with Crippen LogP contribution in [0.5, 0.6) is 5.75 Å².